The highest BCUT2D eigenvalue weighted by molar-refractivity contribution is 5.94. The summed E-state index contributed by atoms with van der Waals surface area (Å²) < 4.78 is 0. The minimum Gasteiger partial charge on any atom is -0.481 e. The fourth-order valence-electron chi connectivity index (χ4n) is 1.24. The summed E-state index contributed by atoms with van der Waals surface area (Å²) in [6.07, 6.45) is 2.38. The number of carboxylic acid groups (broad SMARTS) is 1. The molecule has 0 aliphatic carbocycles. The number of hydrogen-bond donors (Lipinski definition) is 2. The number of aliphatic hydroxyl groups is 1. The van der Waals surface area contributed by atoms with Crippen molar-refractivity contribution in [1.82, 2.24) is 0 Å². The number of rotatable bonds is 8. The van der Waals surface area contributed by atoms with Gasteiger partial charge in [0, 0.05) is 6.42 Å². The highest BCUT2D eigenvalue weighted by atomic mass is 16.4. The van der Waals surface area contributed by atoms with Crippen LogP contribution in [0.5, 0.6) is 0 Å². The lowest BCUT2D eigenvalue weighted by Crippen LogP contribution is -2.16. The lowest BCUT2D eigenvalue weighted by molar-refractivity contribution is -0.140. The third kappa shape index (κ3) is 7.73. The number of aliphatic carboxylic acids is 1. The van der Waals surface area contributed by atoms with Crippen molar-refractivity contribution in [3.05, 3.63) is 0 Å². The minimum atomic E-state index is -1.13. The van der Waals surface area contributed by atoms with Crippen molar-refractivity contribution in [1.29, 1.82) is 0 Å². The largest absolute Gasteiger partial charge is 0.481 e. The number of hydrogen-bond acceptors (Lipinski definition) is 3. The number of carbonyl (C=O) groups excluding carboxylic acids is 1. The Morgan fingerprint density at radius 1 is 1.29 bits per heavy atom. The van der Waals surface area contributed by atoms with E-state index in [0.717, 1.165) is 19.3 Å². The maximum absolute atomic E-state index is 11.0. The van der Waals surface area contributed by atoms with E-state index in [1.807, 2.05) is 0 Å². The van der Waals surface area contributed by atoms with Gasteiger partial charge in [-0.25, -0.2) is 0 Å². The van der Waals surface area contributed by atoms with E-state index in [1.165, 1.54) is 0 Å². The van der Waals surface area contributed by atoms with Crippen molar-refractivity contribution in [3.63, 3.8) is 0 Å². The summed E-state index contributed by atoms with van der Waals surface area (Å²) in [4.78, 5) is 21.1. The molecule has 0 aliphatic rings. The van der Waals surface area contributed by atoms with Crippen molar-refractivity contribution in [2.45, 2.75) is 51.6 Å². The molecule has 0 saturated carbocycles. The SMILES string of the molecule is CCCCCC(O)CC(=O)CC(=O)O. The van der Waals surface area contributed by atoms with Crippen LogP contribution in [0.15, 0.2) is 0 Å². The molecule has 14 heavy (non-hydrogen) atoms. The van der Waals surface area contributed by atoms with Gasteiger partial charge in [0.2, 0.25) is 0 Å². The predicted octanol–water partition coefficient (Wildman–Crippen LogP) is 1.36. The van der Waals surface area contributed by atoms with Crippen LogP contribution in [0.4, 0.5) is 0 Å². The zero-order valence-corrected chi connectivity index (χ0v) is 8.53. The molecule has 0 spiro atoms. The zero-order chi connectivity index (χ0) is 11.0. The van der Waals surface area contributed by atoms with Gasteiger partial charge in [0.25, 0.3) is 0 Å². The van der Waals surface area contributed by atoms with Crippen LogP contribution in [0.1, 0.15) is 45.4 Å². The number of ketones is 1. The molecule has 82 valence electrons. The molecule has 0 fully saturated rings. The van der Waals surface area contributed by atoms with E-state index >= 15 is 0 Å². The van der Waals surface area contributed by atoms with E-state index in [2.05, 4.69) is 6.92 Å². The van der Waals surface area contributed by atoms with Crippen molar-refractivity contribution in [3.8, 4) is 0 Å². The fourth-order valence-corrected chi connectivity index (χ4v) is 1.24. The van der Waals surface area contributed by atoms with Gasteiger partial charge in [0.1, 0.15) is 12.2 Å². The number of aliphatic hydroxyl groups excluding tert-OH is 1. The highest BCUT2D eigenvalue weighted by Gasteiger charge is 2.13. The molecule has 4 heteroatoms. The van der Waals surface area contributed by atoms with Gasteiger partial charge in [-0.15, -0.1) is 0 Å². The van der Waals surface area contributed by atoms with Crippen molar-refractivity contribution in [2.24, 2.45) is 0 Å². The molecule has 0 aliphatic heterocycles. The van der Waals surface area contributed by atoms with Crippen LogP contribution in [-0.2, 0) is 9.59 Å². The molecule has 0 heterocycles. The molecule has 1 unspecified atom stereocenters. The first-order valence-corrected chi connectivity index (χ1v) is 4.97. The predicted molar refractivity (Wildman–Crippen MR) is 52.0 cm³/mol. The Balaban J connectivity index is 3.55. The van der Waals surface area contributed by atoms with Crippen molar-refractivity contribution >= 4 is 11.8 Å². The van der Waals surface area contributed by atoms with Crippen molar-refractivity contribution < 1.29 is 19.8 Å². The lowest BCUT2D eigenvalue weighted by atomic mass is 10.0. The summed E-state index contributed by atoms with van der Waals surface area (Å²) >= 11 is 0. The monoisotopic (exact) mass is 202 g/mol. The zero-order valence-electron chi connectivity index (χ0n) is 8.53. The Hall–Kier alpha value is -0.900. The summed E-state index contributed by atoms with van der Waals surface area (Å²) in [5.41, 5.74) is 0. The molecule has 1 atom stereocenters. The van der Waals surface area contributed by atoms with Crippen LogP contribution in [0, 0.1) is 0 Å². The molecular weight excluding hydrogens is 184 g/mol. The summed E-state index contributed by atoms with van der Waals surface area (Å²) in [6, 6.07) is 0. The van der Waals surface area contributed by atoms with E-state index in [4.69, 9.17) is 5.11 Å². The smallest absolute Gasteiger partial charge is 0.310 e. The molecule has 0 bridgehead atoms. The summed E-state index contributed by atoms with van der Waals surface area (Å²) in [5, 5.41) is 17.7. The van der Waals surface area contributed by atoms with Gasteiger partial charge >= 0.3 is 5.97 Å². The third-order valence-corrected chi connectivity index (χ3v) is 1.95. The highest BCUT2D eigenvalue weighted by Crippen LogP contribution is 2.07. The maximum Gasteiger partial charge on any atom is 0.310 e. The Labute approximate surface area is 83.9 Å². The van der Waals surface area contributed by atoms with Crippen LogP contribution in [0.3, 0.4) is 0 Å². The average molecular weight is 202 g/mol. The van der Waals surface area contributed by atoms with E-state index < -0.39 is 24.3 Å². The number of carbonyl (C=O) groups is 2. The molecule has 0 aromatic heterocycles. The van der Waals surface area contributed by atoms with Crippen LogP contribution in [0.2, 0.25) is 0 Å². The average Bonchev–Trinajstić information content (AvgIpc) is 2.02. The Bertz CT molecular complexity index is 189. The summed E-state index contributed by atoms with van der Waals surface area (Å²) in [7, 11) is 0. The summed E-state index contributed by atoms with van der Waals surface area (Å²) in [6.45, 7) is 2.06. The lowest BCUT2D eigenvalue weighted by Gasteiger charge is -2.07. The van der Waals surface area contributed by atoms with E-state index in [9.17, 15) is 14.7 Å². The molecule has 2 N–H and O–H groups in total. The summed E-state index contributed by atoms with van der Waals surface area (Å²) in [5.74, 6) is -1.53. The molecule has 0 amide bonds. The third-order valence-electron chi connectivity index (χ3n) is 1.95. The first-order valence-electron chi connectivity index (χ1n) is 4.97. The topological polar surface area (TPSA) is 74.6 Å². The Morgan fingerprint density at radius 2 is 1.93 bits per heavy atom. The molecule has 0 rings (SSSR count). The second-order valence-corrected chi connectivity index (χ2v) is 3.46. The first-order chi connectivity index (χ1) is 6.56. The van der Waals surface area contributed by atoms with Gasteiger partial charge in [-0.05, 0) is 6.42 Å². The van der Waals surface area contributed by atoms with E-state index in [1.54, 1.807) is 0 Å². The van der Waals surface area contributed by atoms with E-state index in [0.29, 0.717) is 6.42 Å². The second kappa shape index (κ2) is 7.50. The Kier molecular flexibility index (Phi) is 7.02. The van der Waals surface area contributed by atoms with Gasteiger partial charge in [-0.2, -0.15) is 0 Å². The van der Waals surface area contributed by atoms with Gasteiger partial charge in [-0.1, -0.05) is 26.2 Å². The maximum atomic E-state index is 11.0. The number of unbranched alkanes of at least 4 members (excludes halogenated alkanes) is 2. The first kappa shape index (κ1) is 13.1. The number of Topliss-reactive ketones (excluding diaryl/α,β-unsaturated/α-hetero) is 1. The van der Waals surface area contributed by atoms with Crippen LogP contribution < -0.4 is 0 Å². The standard InChI is InChI=1S/C10H18O4/c1-2-3-4-5-8(11)6-9(12)7-10(13)14/h8,11H,2-7H2,1H3,(H,13,14). The molecule has 0 radical (unpaired) electrons. The van der Waals surface area contributed by atoms with E-state index in [-0.39, 0.29) is 6.42 Å². The van der Waals surface area contributed by atoms with Crippen LogP contribution in [0.25, 0.3) is 0 Å². The van der Waals surface area contributed by atoms with Gasteiger partial charge in [-0.3, -0.25) is 9.59 Å². The molecular formula is C10H18O4. The van der Waals surface area contributed by atoms with Gasteiger partial charge in [0.05, 0.1) is 6.10 Å². The molecule has 0 aromatic carbocycles. The van der Waals surface area contributed by atoms with Gasteiger partial charge < -0.3 is 10.2 Å². The minimum absolute atomic E-state index is 0.0317. The second-order valence-electron chi connectivity index (χ2n) is 3.46. The van der Waals surface area contributed by atoms with Crippen LogP contribution in [-0.4, -0.2) is 28.1 Å². The normalized spacial score (nSPS) is 12.4. The number of carboxylic acids is 1. The van der Waals surface area contributed by atoms with Crippen LogP contribution >= 0.6 is 0 Å². The fraction of sp³-hybridized carbons (Fsp3) is 0.800. The molecule has 4 nitrogen and oxygen atoms in total. The van der Waals surface area contributed by atoms with Gasteiger partial charge in [0.15, 0.2) is 0 Å². The Morgan fingerprint density at radius 3 is 2.43 bits per heavy atom. The molecule has 0 saturated heterocycles. The quantitative estimate of drug-likeness (QED) is 0.460. The van der Waals surface area contributed by atoms with Crippen molar-refractivity contribution in [2.75, 3.05) is 0 Å². The molecule has 0 aromatic rings.